The number of rotatable bonds is 2. The molecule has 1 aromatic rings. The molecule has 1 fully saturated rings. The van der Waals surface area contributed by atoms with Crippen LogP contribution >= 0.6 is 15.9 Å². The lowest BCUT2D eigenvalue weighted by molar-refractivity contribution is 0.0929. The molecule has 1 aromatic carbocycles. The lowest BCUT2D eigenvalue weighted by Crippen LogP contribution is -2.42. The molecule has 1 amide bonds. The first-order chi connectivity index (χ1) is 8.58. The molecule has 0 aromatic heterocycles. The van der Waals surface area contributed by atoms with Crippen LogP contribution in [-0.4, -0.2) is 16.8 Å². The molecule has 2 nitrogen and oxygen atoms in total. The van der Waals surface area contributed by atoms with E-state index in [9.17, 15) is 9.18 Å². The number of carbonyl (C=O) groups excluding carboxylic acids is 1. The van der Waals surface area contributed by atoms with Crippen LogP contribution in [-0.2, 0) is 0 Å². The van der Waals surface area contributed by atoms with Gasteiger partial charge in [0, 0.05) is 16.4 Å². The molecule has 2 atom stereocenters. The van der Waals surface area contributed by atoms with Gasteiger partial charge in [-0.15, -0.1) is 0 Å². The number of hydrogen-bond donors (Lipinski definition) is 1. The van der Waals surface area contributed by atoms with Crippen LogP contribution in [0.15, 0.2) is 18.2 Å². The van der Waals surface area contributed by atoms with Gasteiger partial charge in [-0.3, -0.25) is 4.79 Å². The quantitative estimate of drug-likeness (QED) is 0.831. The minimum Gasteiger partial charge on any atom is -0.348 e. The van der Waals surface area contributed by atoms with Crippen molar-refractivity contribution < 1.29 is 9.18 Å². The van der Waals surface area contributed by atoms with E-state index in [1.165, 1.54) is 18.6 Å². The zero-order valence-electron chi connectivity index (χ0n) is 10.4. The Balaban J connectivity index is 2.07. The molecule has 1 aliphatic carbocycles. The summed E-state index contributed by atoms with van der Waals surface area (Å²) in [5, 5.41) is 3.04. The minimum atomic E-state index is -0.305. The smallest absolute Gasteiger partial charge is 0.251 e. The van der Waals surface area contributed by atoms with Gasteiger partial charge in [-0.25, -0.2) is 4.39 Å². The summed E-state index contributed by atoms with van der Waals surface area (Å²) in [6, 6.07) is 4.44. The molecule has 1 N–H and O–H groups in total. The maximum absolute atomic E-state index is 13.0. The Labute approximate surface area is 115 Å². The van der Waals surface area contributed by atoms with E-state index in [0.717, 1.165) is 19.3 Å². The van der Waals surface area contributed by atoms with Crippen LogP contribution in [0.4, 0.5) is 4.39 Å². The molecule has 1 saturated carbocycles. The van der Waals surface area contributed by atoms with Crippen molar-refractivity contribution in [2.24, 2.45) is 0 Å². The molecule has 0 saturated heterocycles. The molecule has 0 heterocycles. The van der Waals surface area contributed by atoms with Crippen LogP contribution < -0.4 is 5.32 Å². The van der Waals surface area contributed by atoms with Crippen molar-refractivity contribution in [2.75, 3.05) is 0 Å². The Bertz CT molecular complexity index is 449. The summed E-state index contributed by atoms with van der Waals surface area (Å²) in [7, 11) is 0. The van der Waals surface area contributed by atoms with E-state index in [-0.39, 0.29) is 17.8 Å². The van der Waals surface area contributed by atoms with E-state index in [1.807, 2.05) is 0 Å². The number of amides is 1. The van der Waals surface area contributed by atoms with Crippen LogP contribution in [0.3, 0.4) is 0 Å². The molecule has 0 radical (unpaired) electrons. The van der Waals surface area contributed by atoms with Gasteiger partial charge in [0.05, 0.1) is 0 Å². The summed E-state index contributed by atoms with van der Waals surface area (Å²) in [4.78, 5) is 12.5. The fraction of sp³-hybridized carbons (Fsp3) is 0.500. The first-order valence-corrected chi connectivity index (χ1v) is 7.20. The van der Waals surface area contributed by atoms with E-state index < -0.39 is 0 Å². The largest absolute Gasteiger partial charge is 0.348 e. The molecule has 0 aliphatic heterocycles. The van der Waals surface area contributed by atoms with Gasteiger partial charge in [0.25, 0.3) is 5.91 Å². The second-order valence-corrected chi connectivity index (χ2v) is 6.02. The Kier molecular flexibility index (Phi) is 4.38. The van der Waals surface area contributed by atoms with E-state index in [1.54, 1.807) is 13.0 Å². The second kappa shape index (κ2) is 5.83. The topological polar surface area (TPSA) is 29.1 Å². The van der Waals surface area contributed by atoms with Crippen molar-refractivity contribution in [3.63, 3.8) is 0 Å². The number of nitrogens with one attached hydrogen (secondary N) is 1. The van der Waals surface area contributed by atoms with Crippen molar-refractivity contribution in [1.29, 1.82) is 0 Å². The van der Waals surface area contributed by atoms with Gasteiger partial charge in [-0.2, -0.15) is 0 Å². The molecule has 0 spiro atoms. The Morgan fingerprint density at radius 3 is 2.78 bits per heavy atom. The monoisotopic (exact) mass is 313 g/mol. The van der Waals surface area contributed by atoms with Crippen LogP contribution in [0.25, 0.3) is 0 Å². The van der Waals surface area contributed by atoms with E-state index >= 15 is 0 Å². The maximum atomic E-state index is 13.0. The molecule has 0 bridgehead atoms. The first-order valence-electron chi connectivity index (χ1n) is 6.29. The highest BCUT2D eigenvalue weighted by atomic mass is 79.9. The molecular weight excluding hydrogens is 297 g/mol. The Morgan fingerprint density at radius 1 is 1.39 bits per heavy atom. The van der Waals surface area contributed by atoms with Gasteiger partial charge in [0.1, 0.15) is 5.82 Å². The summed E-state index contributed by atoms with van der Waals surface area (Å²) >= 11 is 3.61. The van der Waals surface area contributed by atoms with E-state index in [2.05, 4.69) is 21.2 Å². The SMILES string of the molecule is Cc1cc(F)ccc1C(=O)NC1CCCCC1Br. The number of halogens is 2. The van der Waals surface area contributed by atoms with Crippen LogP contribution in [0.2, 0.25) is 0 Å². The highest BCUT2D eigenvalue weighted by Gasteiger charge is 2.24. The maximum Gasteiger partial charge on any atom is 0.251 e. The van der Waals surface area contributed by atoms with E-state index in [0.29, 0.717) is 16.0 Å². The van der Waals surface area contributed by atoms with E-state index in [4.69, 9.17) is 0 Å². The highest BCUT2D eigenvalue weighted by molar-refractivity contribution is 9.09. The zero-order chi connectivity index (χ0) is 13.1. The zero-order valence-corrected chi connectivity index (χ0v) is 12.0. The predicted octanol–water partition coefficient (Wildman–Crippen LogP) is 3.57. The standard InChI is InChI=1S/C14H17BrFNO/c1-9-8-10(16)6-7-11(9)14(18)17-13-5-3-2-4-12(13)15/h6-8,12-13H,2-5H2,1H3,(H,17,18). The highest BCUT2D eigenvalue weighted by Crippen LogP contribution is 2.25. The molecule has 2 rings (SSSR count). The molecule has 98 valence electrons. The van der Waals surface area contributed by atoms with Gasteiger partial charge >= 0.3 is 0 Å². The number of alkyl halides is 1. The Morgan fingerprint density at radius 2 is 2.11 bits per heavy atom. The normalized spacial score (nSPS) is 23.7. The molecule has 18 heavy (non-hydrogen) atoms. The molecule has 2 unspecified atom stereocenters. The molecule has 1 aliphatic rings. The number of benzene rings is 1. The lowest BCUT2D eigenvalue weighted by Gasteiger charge is -2.28. The Hall–Kier alpha value is -0.900. The summed E-state index contributed by atoms with van der Waals surface area (Å²) in [5.74, 6) is -0.413. The van der Waals surface area contributed by atoms with Crippen molar-refractivity contribution in [1.82, 2.24) is 5.32 Å². The fourth-order valence-corrected chi connectivity index (χ4v) is 3.10. The van der Waals surface area contributed by atoms with Crippen molar-refractivity contribution in [2.45, 2.75) is 43.5 Å². The third-order valence-corrected chi connectivity index (χ3v) is 4.53. The predicted molar refractivity (Wildman–Crippen MR) is 73.6 cm³/mol. The van der Waals surface area contributed by atoms with Crippen molar-refractivity contribution in [3.05, 3.63) is 35.1 Å². The summed E-state index contributed by atoms with van der Waals surface area (Å²) in [5.41, 5.74) is 1.23. The summed E-state index contributed by atoms with van der Waals surface area (Å²) < 4.78 is 13.0. The minimum absolute atomic E-state index is 0.108. The average Bonchev–Trinajstić information content (AvgIpc) is 2.32. The van der Waals surface area contributed by atoms with Gasteiger partial charge < -0.3 is 5.32 Å². The van der Waals surface area contributed by atoms with Gasteiger partial charge in [0.15, 0.2) is 0 Å². The number of carbonyl (C=O) groups is 1. The second-order valence-electron chi connectivity index (χ2n) is 4.84. The average molecular weight is 314 g/mol. The van der Waals surface area contributed by atoms with Gasteiger partial charge in [-0.1, -0.05) is 28.8 Å². The molecule has 4 heteroatoms. The lowest BCUT2D eigenvalue weighted by atomic mass is 9.95. The van der Waals surface area contributed by atoms with Crippen LogP contribution in [0, 0.1) is 12.7 Å². The third-order valence-electron chi connectivity index (χ3n) is 3.43. The summed E-state index contributed by atoms with van der Waals surface area (Å²) in [6.07, 6.45) is 4.45. The van der Waals surface area contributed by atoms with Crippen molar-refractivity contribution in [3.8, 4) is 0 Å². The van der Waals surface area contributed by atoms with Crippen LogP contribution in [0.5, 0.6) is 0 Å². The fourth-order valence-electron chi connectivity index (χ4n) is 2.38. The van der Waals surface area contributed by atoms with Crippen LogP contribution in [0.1, 0.15) is 41.6 Å². The first kappa shape index (κ1) is 13.5. The van der Waals surface area contributed by atoms with Gasteiger partial charge in [-0.05, 0) is 43.5 Å². The molecular formula is C14H17BrFNO. The number of aryl methyl sites for hydroxylation is 1. The summed E-state index contributed by atoms with van der Waals surface area (Å²) in [6.45, 7) is 1.75. The number of hydrogen-bond acceptors (Lipinski definition) is 1. The third kappa shape index (κ3) is 3.10. The van der Waals surface area contributed by atoms with Crippen molar-refractivity contribution >= 4 is 21.8 Å². The van der Waals surface area contributed by atoms with Gasteiger partial charge in [0.2, 0.25) is 0 Å².